The van der Waals surface area contributed by atoms with E-state index in [9.17, 15) is 8.42 Å². The molecule has 158 valence electrons. The second-order valence-electron chi connectivity index (χ2n) is 7.08. The number of hydrogen-bond acceptors (Lipinski definition) is 6. The maximum atomic E-state index is 13.0. The minimum Gasteiger partial charge on any atom is -0.497 e. The minimum atomic E-state index is -3.48. The zero-order chi connectivity index (χ0) is 21.3. The summed E-state index contributed by atoms with van der Waals surface area (Å²) in [5.74, 6) is 0.786. The first kappa shape index (κ1) is 21.4. The van der Waals surface area contributed by atoms with Crippen molar-refractivity contribution in [2.24, 2.45) is 0 Å². The van der Waals surface area contributed by atoms with Crippen LogP contribution in [0.25, 0.3) is 11.3 Å². The van der Waals surface area contributed by atoms with Gasteiger partial charge in [-0.1, -0.05) is 35.3 Å². The van der Waals surface area contributed by atoms with Gasteiger partial charge in [0.15, 0.2) is 15.0 Å². The molecule has 3 aromatic rings. The zero-order valence-electron chi connectivity index (χ0n) is 16.2. The number of aromatic nitrogens is 1. The Kier molecular flexibility index (Phi) is 6.25. The number of nitrogens with zero attached hydrogens (tertiary/aromatic N) is 2. The predicted octanol–water partition coefficient (Wildman–Crippen LogP) is 5.57. The highest BCUT2D eigenvalue weighted by Gasteiger charge is 2.32. The number of thiazole rings is 1. The number of anilines is 1. The number of halogens is 2. The Hall–Kier alpha value is -1.80. The second kappa shape index (κ2) is 8.75. The van der Waals surface area contributed by atoms with Crippen LogP contribution in [0.2, 0.25) is 10.0 Å². The van der Waals surface area contributed by atoms with Gasteiger partial charge in [-0.15, -0.1) is 11.3 Å². The number of rotatable bonds is 5. The van der Waals surface area contributed by atoms with E-state index in [4.69, 9.17) is 32.9 Å². The monoisotopic (exact) mass is 482 g/mol. The van der Waals surface area contributed by atoms with Gasteiger partial charge in [-0.25, -0.2) is 13.4 Å². The summed E-state index contributed by atoms with van der Waals surface area (Å²) in [7, 11) is -1.84. The van der Waals surface area contributed by atoms with Gasteiger partial charge in [-0.3, -0.25) is 0 Å². The van der Waals surface area contributed by atoms with Crippen LogP contribution in [0.4, 0.5) is 5.13 Å². The molecule has 0 aliphatic carbocycles. The number of hydrogen-bond donors (Lipinski definition) is 0. The molecule has 0 radical (unpaired) electrons. The number of methoxy groups -OCH3 is 1. The van der Waals surface area contributed by atoms with E-state index in [2.05, 4.69) is 4.90 Å². The van der Waals surface area contributed by atoms with E-state index in [-0.39, 0.29) is 4.90 Å². The number of sulfone groups is 1. The Morgan fingerprint density at radius 3 is 2.47 bits per heavy atom. The third kappa shape index (κ3) is 4.44. The van der Waals surface area contributed by atoms with Crippen molar-refractivity contribution in [2.45, 2.75) is 23.0 Å². The molecular formula is C21H20Cl2N2O3S2. The van der Waals surface area contributed by atoms with Crippen molar-refractivity contribution >= 4 is 49.5 Å². The van der Waals surface area contributed by atoms with Crippen LogP contribution >= 0.6 is 34.5 Å². The van der Waals surface area contributed by atoms with Crippen molar-refractivity contribution in [1.82, 2.24) is 4.98 Å². The van der Waals surface area contributed by atoms with Gasteiger partial charge in [0.2, 0.25) is 0 Å². The van der Waals surface area contributed by atoms with Crippen LogP contribution in [0.1, 0.15) is 12.8 Å². The van der Waals surface area contributed by atoms with Crippen LogP contribution in [0, 0.1) is 0 Å². The summed E-state index contributed by atoms with van der Waals surface area (Å²) in [4.78, 5) is 7.08. The molecule has 1 fully saturated rings. The van der Waals surface area contributed by atoms with Gasteiger partial charge in [0.05, 0.1) is 22.9 Å². The molecule has 1 aromatic heterocycles. The predicted molar refractivity (Wildman–Crippen MR) is 123 cm³/mol. The maximum absolute atomic E-state index is 13.0. The van der Waals surface area contributed by atoms with Gasteiger partial charge in [-0.2, -0.15) is 0 Å². The van der Waals surface area contributed by atoms with E-state index in [1.165, 1.54) is 18.2 Å². The quantitative estimate of drug-likeness (QED) is 0.475. The van der Waals surface area contributed by atoms with Crippen molar-refractivity contribution in [3.8, 4) is 17.0 Å². The first-order valence-electron chi connectivity index (χ1n) is 9.42. The van der Waals surface area contributed by atoms with E-state index in [1.54, 1.807) is 18.4 Å². The molecule has 0 amide bonds. The van der Waals surface area contributed by atoms with Crippen molar-refractivity contribution in [3.05, 3.63) is 57.9 Å². The molecule has 0 bridgehead atoms. The van der Waals surface area contributed by atoms with Gasteiger partial charge in [0, 0.05) is 34.1 Å². The van der Waals surface area contributed by atoms with Crippen LogP contribution in [0.15, 0.2) is 52.7 Å². The molecule has 0 spiro atoms. The lowest BCUT2D eigenvalue weighted by Gasteiger charge is -2.31. The average Bonchev–Trinajstić information content (AvgIpc) is 3.23. The van der Waals surface area contributed by atoms with Crippen LogP contribution in [0.5, 0.6) is 5.75 Å². The van der Waals surface area contributed by atoms with Crippen LogP contribution in [0.3, 0.4) is 0 Å². The minimum absolute atomic E-state index is 0.188. The third-order valence-electron chi connectivity index (χ3n) is 5.17. The van der Waals surface area contributed by atoms with Crippen molar-refractivity contribution in [2.75, 3.05) is 25.1 Å². The SMILES string of the molecule is COc1cccc(-c2csc(N3CCC(S(=O)(=O)c4cc(Cl)cc(Cl)c4)CC3)n2)c1. The largest absolute Gasteiger partial charge is 0.497 e. The van der Waals surface area contributed by atoms with Gasteiger partial charge in [0.25, 0.3) is 0 Å². The summed E-state index contributed by atoms with van der Waals surface area (Å²) < 4.78 is 31.3. The fourth-order valence-electron chi connectivity index (χ4n) is 3.57. The molecule has 0 unspecified atom stereocenters. The van der Waals surface area contributed by atoms with Gasteiger partial charge < -0.3 is 9.64 Å². The molecule has 1 aliphatic rings. The molecular weight excluding hydrogens is 463 g/mol. The average molecular weight is 483 g/mol. The molecule has 1 saturated heterocycles. The van der Waals surface area contributed by atoms with Crippen LogP contribution in [-0.2, 0) is 9.84 Å². The molecule has 9 heteroatoms. The van der Waals surface area contributed by atoms with E-state index >= 15 is 0 Å². The molecule has 2 heterocycles. The number of piperidine rings is 1. The summed E-state index contributed by atoms with van der Waals surface area (Å²) in [5, 5.41) is 3.11. The van der Waals surface area contributed by atoms with E-state index in [0.717, 1.165) is 22.1 Å². The van der Waals surface area contributed by atoms with Gasteiger partial charge >= 0.3 is 0 Å². The fourth-order valence-corrected chi connectivity index (χ4v) is 6.91. The highest BCUT2D eigenvalue weighted by atomic mass is 35.5. The molecule has 30 heavy (non-hydrogen) atoms. The lowest BCUT2D eigenvalue weighted by atomic mass is 10.1. The van der Waals surface area contributed by atoms with Crippen LogP contribution < -0.4 is 9.64 Å². The fraction of sp³-hybridized carbons (Fsp3) is 0.286. The van der Waals surface area contributed by atoms with Crippen molar-refractivity contribution in [1.29, 1.82) is 0 Å². The molecule has 4 rings (SSSR count). The molecule has 0 saturated carbocycles. The van der Waals surface area contributed by atoms with Crippen LogP contribution in [-0.4, -0.2) is 38.9 Å². The van der Waals surface area contributed by atoms with Crippen molar-refractivity contribution < 1.29 is 13.2 Å². The zero-order valence-corrected chi connectivity index (χ0v) is 19.4. The molecule has 0 N–H and O–H groups in total. The Labute approximate surface area is 190 Å². The summed E-state index contributed by atoms with van der Waals surface area (Å²) >= 11 is 13.6. The Balaban J connectivity index is 1.46. The van der Waals surface area contributed by atoms with Gasteiger partial charge in [0.1, 0.15) is 5.75 Å². The third-order valence-corrected chi connectivity index (χ3v) is 8.75. The Bertz CT molecular complexity index is 1140. The van der Waals surface area contributed by atoms with E-state index in [1.807, 2.05) is 29.6 Å². The van der Waals surface area contributed by atoms with E-state index in [0.29, 0.717) is 36.0 Å². The highest BCUT2D eigenvalue weighted by Crippen LogP contribution is 2.33. The first-order chi connectivity index (χ1) is 14.4. The molecule has 1 aliphatic heterocycles. The van der Waals surface area contributed by atoms with Crippen molar-refractivity contribution in [3.63, 3.8) is 0 Å². The molecule has 5 nitrogen and oxygen atoms in total. The molecule has 2 aromatic carbocycles. The van der Waals surface area contributed by atoms with E-state index < -0.39 is 15.1 Å². The molecule has 0 atom stereocenters. The summed E-state index contributed by atoms with van der Waals surface area (Å²) in [6.45, 7) is 1.26. The first-order valence-corrected chi connectivity index (χ1v) is 12.6. The second-order valence-corrected chi connectivity index (χ2v) is 11.0. The smallest absolute Gasteiger partial charge is 0.185 e. The summed E-state index contributed by atoms with van der Waals surface area (Å²) in [6.07, 6.45) is 1.06. The number of ether oxygens (including phenoxy) is 1. The standard InChI is InChI=1S/C21H20Cl2N2O3S2/c1-28-17-4-2-3-14(9-17)20-13-29-21(24-20)25-7-5-18(6-8-25)30(26,27)19-11-15(22)10-16(23)12-19/h2-4,9-13,18H,5-8H2,1H3. The topological polar surface area (TPSA) is 59.5 Å². The lowest BCUT2D eigenvalue weighted by molar-refractivity contribution is 0.415. The summed E-state index contributed by atoms with van der Waals surface area (Å²) in [5.41, 5.74) is 1.88. The summed E-state index contributed by atoms with van der Waals surface area (Å²) in [6, 6.07) is 12.3. The number of benzene rings is 2. The Morgan fingerprint density at radius 2 is 1.80 bits per heavy atom. The van der Waals surface area contributed by atoms with Gasteiger partial charge in [-0.05, 0) is 43.2 Å². The maximum Gasteiger partial charge on any atom is 0.185 e. The Morgan fingerprint density at radius 1 is 1.10 bits per heavy atom. The highest BCUT2D eigenvalue weighted by molar-refractivity contribution is 7.92. The normalized spacial score (nSPS) is 15.4. The lowest BCUT2D eigenvalue weighted by Crippen LogP contribution is -2.39.